The maximum Gasteiger partial charge on any atom is 0.255 e. The normalized spacial score (nSPS) is 12.9. The van der Waals surface area contributed by atoms with Gasteiger partial charge in [0.15, 0.2) is 21.3 Å². The van der Waals surface area contributed by atoms with E-state index in [-0.39, 0.29) is 39.5 Å². The molecule has 1 aliphatic heterocycles. The molecule has 7 nitrogen and oxygen atoms in total. The molecule has 3 rings (SSSR count). The third-order valence-corrected chi connectivity index (χ3v) is 5.66. The fraction of sp³-hybridized carbons (Fsp3) is 0.188. The van der Waals surface area contributed by atoms with E-state index in [0.717, 1.165) is 0 Å². The number of sulfone groups is 1. The minimum absolute atomic E-state index is 0.00631. The first-order valence-electron chi connectivity index (χ1n) is 7.28. The van der Waals surface area contributed by atoms with Crippen LogP contribution in [0.4, 0.5) is 5.69 Å². The molecule has 2 N–H and O–H groups in total. The number of phenolic OH excluding ortho intramolecular Hbond substituents is 1. The van der Waals surface area contributed by atoms with Crippen molar-refractivity contribution in [1.82, 2.24) is 0 Å². The zero-order chi connectivity index (χ0) is 18.2. The number of carbonyl (C=O) groups excluding carboxylic acids is 1. The molecule has 0 fully saturated rings. The van der Waals surface area contributed by atoms with Gasteiger partial charge in [-0.05, 0) is 30.3 Å². The predicted molar refractivity (Wildman–Crippen MR) is 91.4 cm³/mol. The van der Waals surface area contributed by atoms with Crippen molar-refractivity contribution in [3.63, 3.8) is 0 Å². The van der Waals surface area contributed by atoms with Gasteiger partial charge in [-0.25, -0.2) is 8.42 Å². The Bertz CT molecular complexity index is 957. The maximum atomic E-state index is 12.4. The van der Waals surface area contributed by atoms with E-state index >= 15 is 0 Å². The van der Waals surface area contributed by atoms with Crippen LogP contribution in [0.25, 0.3) is 0 Å². The molecule has 1 amide bonds. The second-order valence-electron chi connectivity index (χ2n) is 5.23. The minimum atomic E-state index is -3.47. The summed E-state index contributed by atoms with van der Waals surface area (Å²) in [6, 6.07) is 6.55. The van der Waals surface area contributed by atoms with Gasteiger partial charge in [0.05, 0.1) is 21.4 Å². The fourth-order valence-corrected chi connectivity index (χ4v) is 3.44. The number of ether oxygens (including phenoxy) is 2. The number of hydrogen-bond donors (Lipinski definition) is 2. The molecule has 0 atom stereocenters. The number of fused-ring (bicyclic) bond motifs is 1. The first-order valence-corrected chi connectivity index (χ1v) is 9.31. The lowest BCUT2D eigenvalue weighted by molar-refractivity contribution is 0.102. The van der Waals surface area contributed by atoms with Crippen molar-refractivity contribution in [2.45, 2.75) is 11.8 Å². The third-order valence-electron chi connectivity index (χ3n) is 3.64. The largest absolute Gasteiger partial charge is 0.506 e. The average molecular weight is 384 g/mol. The summed E-state index contributed by atoms with van der Waals surface area (Å²) < 4.78 is 34.3. The van der Waals surface area contributed by atoms with Crippen LogP contribution in [0.15, 0.2) is 35.2 Å². The van der Waals surface area contributed by atoms with Crippen molar-refractivity contribution in [3.05, 3.63) is 40.9 Å². The Morgan fingerprint density at radius 1 is 1.28 bits per heavy atom. The Hall–Kier alpha value is -2.45. The summed E-state index contributed by atoms with van der Waals surface area (Å²) in [7, 11) is -3.47. The van der Waals surface area contributed by atoms with Gasteiger partial charge in [-0.1, -0.05) is 18.5 Å². The highest BCUT2D eigenvalue weighted by atomic mass is 35.5. The van der Waals surface area contributed by atoms with E-state index in [2.05, 4.69) is 5.32 Å². The molecule has 2 aromatic rings. The van der Waals surface area contributed by atoms with Gasteiger partial charge in [-0.2, -0.15) is 0 Å². The van der Waals surface area contributed by atoms with Gasteiger partial charge in [-0.3, -0.25) is 4.79 Å². The number of aromatic hydroxyl groups is 1. The Kier molecular flexibility index (Phi) is 4.49. The van der Waals surface area contributed by atoms with Gasteiger partial charge in [0.1, 0.15) is 5.75 Å². The second kappa shape index (κ2) is 6.45. The third kappa shape index (κ3) is 3.35. The Morgan fingerprint density at radius 3 is 2.76 bits per heavy atom. The van der Waals surface area contributed by atoms with Crippen LogP contribution in [0.2, 0.25) is 5.02 Å². The molecular weight excluding hydrogens is 370 g/mol. The molecule has 0 aromatic heterocycles. The SMILES string of the molecule is CCS(=O)(=O)c1ccc(O)c(NC(=O)c2cc(Cl)c3c(c2)OCO3)c1. The lowest BCUT2D eigenvalue weighted by Gasteiger charge is -2.10. The van der Waals surface area contributed by atoms with Crippen molar-refractivity contribution in [3.8, 4) is 17.2 Å². The van der Waals surface area contributed by atoms with E-state index in [1.165, 1.54) is 37.3 Å². The maximum absolute atomic E-state index is 12.4. The van der Waals surface area contributed by atoms with Gasteiger partial charge < -0.3 is 19.9 Å². The smallest absolute Gasteiger partial charge is 0.255 e. The average Bonchev–Trinajstić information content (AvgIpc) is 3.05. The lowest BCUT2D eigenvalue weighted by Crippen LogP contribution is -2.13. The molecule has 1 aliphatic rings. The van der Waals surface area contributed by atoms with Crippen LogP contribution < -0.4 is 14.8 Å². The first-order chi connectivity index (χ1) is 11.8. The monoisotopic (exact) mass is 383 g/mol. The van der Waals surface area contributed by atoms with Gasteiger partial charge in [-0.15, -0.1) is 0 Å². The summed E-state index contributed by atoms with van der Waals surface area (Å²) in [5, 5.41) is 12.6. The molecule has 0 radical (unpaired) electrons. The van der Waals surface area contributed by atoms with Crippen LogP contribution in [0, 0.1) is 0 Å². The van der Waals surface area contributed by atoms with Crippen LogP contribution in [-0.2, 0) is 9.84 Å². The number of rotatable bonds is 4. The number of halogens is 1. The molecule has 132 valence electrons. The van der Waals surface area contributed by atoms with E-state index in [4.69, 9.17) is 21.1 Å². The number of hydrogen-bond acceptors (Lipinski definition) is 6. The highest BCUT2D eigenvalue weighted by Gasteiger charge is 2.22. The lowest BCUT2D eigenvalue weighted by atomic mass is 10.1. The van der Waals surface area contributed by atoms with E-state index in [1.807, 2.05) is 0 Å². The van der Waals surface area contributed by atoms with Crippen LogP contribution in [0.3, 0.4) is 0 Å². The summed E-state index contributed by atoms with van der Waals surface area (Å²) in [4.78, 5) is 12.4. The summed E-state index contributed by atoms with van der Waals surface area (Å²) in [6.07, 6.45) is 0. The Balaban J connectivity index is 1.91. The topological polar surface area (TPSA) is 102 Å². The van der Waals surface area contributed by atoms with E-state index < -0.39 is 15.7 Å². The highest BCUT2D eigenvalue weighted by molar-refractivity contribution is 7.91. The number of carbonyl (C=O) groups is 1. The molecule has 0 spiro atoms. The first kappa shape index (κ1) is 17.4. The molecule has 25 heavy (non-hydrogen) atoms. The molecule has 0 saturated carbocycles. The van der Waals surface area contributed by atoms with Crippen molar-refractivity contribution < 1.29 is 27.8 Å². The Labute approximate surface area is 149 Å². The Morgan fingerprint density at radius 2 is 2.04 bits per heavy atom. The molecular formula is C16H14ClNO6S. The highest BCUT2D eigenvalue weighted by Crippen LogP contribution is 2.40. The van der Waals surface area contributed by atoms with Crippen molar-refractivity contribution in [2.24, 2.45) is 0 Å². The van der Waals surface area contributed by atoms with Gasteiger partial charge >= 0.3 is 0 Å². The van der Waals surface area contributed by atoms with Crippen molar-refractivity contribution in [2.75, 3.05) is 17.9 Å². The van der Waals surface area contributed by atoms with Crippen LogP contribution >= 0.6 is 11.6 Å². The number of benzene rings is 2. The molecule has 9 heteroatoms. The molecule has 1 heterocycles. The van der Waals surface area contributed by atoms with E-state index in [1.54, 1.807) is 0 Å². The summed E-state index contributed by atoms with van der Waals surface area (Å²) >= 11 is 6.04. The van der Waals surface area contributed by atoms with Crippen LogP contribution in [0.5, 0.6) is 17.2 Å². The summed E-state index contributed by atoms with van der Waals surface area (Å²) in [5.41, 5.74) is 0.158. The van der Waals surface area contributed by atoms with Crippen LogP contribution in [-0.4, -0.2) is 32.0 Å². The van der Waals surface area contributed by atoms with Crippen molar-refractivity contribution >= 4 is 33.0 Å². The number of amides is 1. The van der Waals surface area contributed by atoms with E-state index in [0.29, 0.717) is 11.5 Å². The zero-order valence-electron chi connectivity index (χ0n) is 13.1. The molecule has 0 saturated heterocycles. The molecule has 0 aliphatic carbocycles. The molecule has 0 unspecified atom stereocenters. The standard InChI is InChI=1S/C16H14ClNO6S/c1-2-25(21,22)10-3-4-13(19)12(7-10)18-16(20)9-5-11(17)15-14(6-9)23-8-24-15/h3-7,19H,2,8H2,1H3,(H,18,20). The number of anilines is 1. The molecule has 2 aromatic carbocycles. The van der Waals surface area contributed by atoms with Crippen molar-refractivity contribution in [1.29, 1.82) is 0 Å². The number of nitrogens with one attached hydrogen (secondary N) is 1. The zero-order valence-corrected chi connectivity index (χ0v) is 14.6. The van der Waals surface area contributed by atoms with Gasteiger partial charge in [0.2, 0.25) is 6.79 Å². The van der Waals surface area contributed by atoms with E-state index in [9.17, 15) is 18.3 Å². The predicted octanol–water partition coefficient (Wildman–Crippen LogP) is 2.82. The van der Waals surface area contributed by atoms with Gasteiger partial charge in [0.25, 0.3) is 5.91 Å². The quantitative estimate of drug-likeness (QED) is 0.787. The molecule has 0 bridgehead atoms. The summed E-state index contributed by atoms with van der Waals surface area (Å²) in [6.45, 7) is 1.52. The number of phenols is 1. The fourth-order valence-electron chi connectivity index (χ4n) is 2.27. The van der Waals surface area contributed by atoms with Crippen LogP contribution in [0.1, 0.15) is 17.3 Å². The summed E-state index contributed by atoms with van der Waals surface area (Å²) in [5.74, 6) is -0.235. The minimum Gasteiger partial charge on any atom is -0.506 e. The second-order valence-corrected chi connectivity index (χ2v) is 7.91. The van der Waals surface area contributed by atoms with Gasteiger partial charge in [0, 0.05) is 5.56 Å².